The van der Waals surface area contributed by atoms with Crippen LogP contribution < -0.4 is 37.2 Å². The minimum atomic E-state index is -1.53. The van der Waals surface area contributed by atoms with Crippen molar-refractivity contribution < 1.29 is 93.6 Å². The number of phenols is 2. The van der Waals surface area contributed by atoms with Crippen LogP contribution in [-0.4, -0.2) is 193 Å². The van der Waals surface area contributed by atoms with E-state index in [1.165, 1.54) is 28.9 Å². The molecule has 0 saturated carbocycles. The molecule has 0 aromatic heterocycles. The van der Waals surface area contributed by atoms with Crippen molar-refractivity contribution >= 4 is 65.4 Å². The maximum atomic E-state index is 12.7. The predicted molar refractivity (Wildman–Crippen MR) is 279 cm³/mol. The third-order valence-electron chi connectivity index (χ3n) is 11.9. The van der Waals surface area contributed by atoms with E-state index in [-0.39, 0.29) is 114 Å². The van der Waals surface area contributed by atoms with Gasteiger partial charge < -0.3 is 78.1 Å². The third-order valence-corrected chi connectivity index (χ3v) is 11.9. The van der Waals surface area contributed by atoms with Crippen molar-refractivity contribution in [1.29, 1.82) is 0 Å². The summed E-state index contributed by atoms with van der Waals surface area (Å²) >= 11 is 0. The largest absolute Gasteiger partial charge is 0.508 e. The average Bonchev–Trinajstić information content (AvgIpc) is 3.38. The first-order valence-electron chi connectivity index (χ1n) is 25.7. The number of carbonyl (C=O) groups is 11. The highest BCUT2D eigenvalue weighted by Gasteiger charge is 2.25. The molecule has 0 saturated heterocycles. The van der Waals surface area contributed by atoms with Gasteiger partial charge in [-0.3, -0.25) is 48.2 Å². The van der Waals surface area contributed by atoms with Crippen LogP contribution in [0.4, 0.5) is 4.79 Å². The fraction of sp³-hybridized carbons (Fsp3) is 0.549. The van der Waals surface area contributed by atoms with E-state index in [9.17, 15) is 88.5 Å². The van der Waals surface area contributed by atoms with Crippen LogP contribution in [0.1, 0.15) is 99.8 Å². The number of nitrogens with one attached hydrogen (secondary N) is 7. The lowest BCUT2D eigenvalue weighted by atomic mass is 10.0. The molecule has 15 N–H and O–H groups in total. The maximum Gasteiger partial charge on any atom is 0.326 e. The number of hydrogen-bond acceptors (Lipinski definition) is 16. The second-order valence-electron chi connectivity index (χ2n) is 18.5. The lowest BCUT2D eigenvalue weighted by Gasteiger charge is -2.26. The summed E-state index contributed by atoms with van der Waals surface area (Å²) in [4.78, 5) is 134. The number of aromatic hydroxyl groups is 2. The number of aliphatic hydroxyl groups excluding tert-OH is 1. The molecule has 0 spiro atoms. The zero-order valence-electron chi connectivity index (χ0n) is 44.1. The Balaban J connectivity index is 1.80. The van der Waals surface area contributed by atoms with Crippen molar-refractivity contribution in [3.63, 3.8) is 0 Å². The summed E-state index contributed by atoms with van der Waals surface area (Å²) in [6.45, 7) is 0.349. The maximum absolute atomic E-state index is 12.7. The number of amides is 7. The van der Waals surface area contributed by atoms with Crippen molar-refractivity contribution in [1.82, 2.24) is 47.0 Å². The molecule has 2 aromatic rings. The number of nitrogens with zero attached hydrogens (tertiary/aromatic N) is 2. The predicted octanol–water partition coefficient (Wildman–Crippen LogP) is -0.801. The van der Waals surface area contributed by atoms with E-state index in [1.807, 2.05) is 0 Å². The first kappa shape index (κ1) is 67.0. The summed E-state index contributed by atoms with van der Waals surface area (Å²) in [6.07, 6.45) is 2.40. The second-order valence-corrected chi connectivity index (χ2v) is 18.5. The Morgan fingerprint density at radius 2 is 0.949 bits per heavy atom. The molecule has 2 rings (SSSR count). The van der Waals surface area contributed by atoms with Crippen molar-refractivity contribution in [2.45, 2.75) is 122 Å². The molecule has 0 heterocycles. The summed E-state index contributed by atoms with van der Waals surface area (Å²) < 4.78 is 0. The number of carboxylic acids is 5. The number of carbonyl (C=O) groups excluding carboxylic acids is 6. The Morgan fingerprint density at radius 1 is 0.494 bits per heavy atom. The zero-order valence-corrected chi connectivity index (χ0v) is 44.1. The van der Waals surface area contributed by atoms with Crippen molar-refractivity contribution in [2.24, 2.45) is 0 Å². The highest BCUT2D eigenvalue weighted by molar-refractivity contribution is 5.87. The van der Waals surface area contributed by atoms with Gasteiger partial charge in [-0.15, -0.1) is 0 Å². The Labute approximate surface area is 455 Å². The molecular formula is C51H75N9O19. The topological polar surface area (TPSA) is 440 Å². The summed E-state index contributed by atoms with van der Waals surface area (Å²) in [5, 5.41) is 94.8. The number of carboxylic acid groups (broad SMARTS) is 5. The lowest BCUT2D eigenvalue weighted by Crippen LogP contribution is -2.51. The molecule has 0 aliphatic rings. The van der Waals surface area contributed by atoms with Gasteiger partial charge in [0.2, 0.25) is 29.5 Å². The molecule has 2 aromatic carbocycles. The van der Waals surface area contributed by atoms with Crippen LogP contribution >= 0.6 is 0 Å². The van der Waals surface area contributed by atoms with E-state index in [2.05, 4.69) is 37.2 Å². The molecule has 7 amide bonds. The highest BCUT2D eigenvalue weighted by Crippen LogP contribution is 2.23. The Bertz CT molecular complexity index is 2390. The van der Waals surface area contributed by atoms with E-state index >= 15 is 0 Å². The molecule has 0 bridgehead atoms. The van der Waals surface area contributed by atoms with Gasteiger partial charge in [-0.2, -0.15) is 0 Å². The van der Waals surface area contributed by atoms with Crippen LogP contribution in [-0.2, 0) is 73.9 Å². The number of benzene rings is 2. The normalized spacial score (nSPS) is 12.1. The zero-order chi connectivity index (χ0) is 58.9. The van der Waals surface area contributed by atoms with Gasteiger partial charge in [-0.1, -0.05) is 30.7 Å². The molecular weight excluding hydrogens is 1040 g/mol. The van der Waals surface area contributed by atoms with Gasteiger partial charge in [0.1, 0.15) is 29.6 Å². The number of urea groups is 1. The number of phenolic OH excluding ortho intramolecular Hbond substituents is 2. The monoisotopic (exact) mass is 1120 g/mol. The number of unbranched alkanes of at least 4 members (excludes halogenated alkanes) is 3. The number of aliphatic carboxylic acids is 5. The number of hydrogen-bond donors (Lipinski definition) is 15. The van der Waals surface area contributed by atoms with Gasteiger partial charge in [0.25, 0.3) is 0 Å². The van der Waals surface area contributed by atoms with Gasteiger partial charge in [0.05, 0.1) is 19.7 Å². The van der Waals surface area contributed by atoms with Gasteiger partial charge in [-0.05, 0) is 74.6 Å². The first-order valence-corrected chi connectivity index (χ1v) is 25.7. The van der Waals surface area contributed by atoms with Crippen LogP contribution in [0.3, 0.4) is 0 Å². The fourth-order valence-corrected chi connectivity index (χ4v) is 7.81. The van der Waals surface area contributed by atoms with Crippen LogP contribution in [0.15, 0.2) is 36.4 Å². The lowest BCUT2D eigenvalue weighted by molar-refractivity contribution is -0.141. The molecule has 0 aliphatic heterocycles. The molecule has 3 unspecified atom stereocenters. The minimum absolute atomic E-state index is 0.0167. The molecule has 28 heteroatoms. The summed E-state index contributed by atoms with van der Waals surface area (Å²) in [5.41, 5.74) is 2.07. The molecule has 0 fully saturated rings. The van der Waals surface area contributed by atoms with Crippen molar-refractivity contribution in [3.05, 3.63) is 58.7 Å². The third kappa shape index (κ3) is 29.8. The van der Waals surface area contributed by atoms with E-state index in [0.717, 1.165) is 0 Å². The Kier molecular flexibility index (Phi) is 31.2. The number of aliphatic hydroxyl groups is 1. The van der Waals surface area contributed by atoms with Crippen LogP contribution in [0.2, 0.25) is 0 Å². The SMILES string of the molecule is CC(=O)NC(CO)C(=O)NCCNC(=O)CCc1ccc(O)c(CN(CCN(CC(=O)O)Cc2cc(CCC(=O)NCCCCCC(=O)NCCCCC(NC(=O)NC(CCC(=O)O)C(=O)O)C(=O)O)ccc2O)CC(=O)O)c1. The first-order chi connectivity index (χ1) is 37.4. The standard InChI is InChI=1S/C51H75N9O19/c1-32(62)56-39(31-61)48(74)55-22-21-54-44(67)17-12-34-10-15-41(64)36(26-34)28-60(30-47(72)73)24-23-59(29-46(70)71)27-35-25-33(9-14-40(35)63)11-16-43(66)53-19-5-2-3-8-42(65)52-20-6-4-7-37(49(75)76)57-51(79)58-38(50(77)78)13-18-45(68)69/h9-10,14-15,25-26,37-39,61,63-64H,2-8,11-13,16-24,27-31H2,1H3,(H,52,65)(H,53,66)(H,54,67)(H,55,74)(H,56,62)(H,68,69)(H,70,71)(H,72,73)(H,75,76)(H,77,78)(H2,57,58,79). The summed E-state index contributed by atoms with van der Waals surface area (Å²) in [7, 11) is 0. The molecule has 28 nitrogen and oxygen atoms in total. The molecule has 79 heavy (non-hydrogen) atoms. The van der Waals surface area contributed by atoms with Crippen molar-refractivity contribution in [2.75, 3.05) is 59.0 Å². The number of rotatable bonds is 41. The minimum Gasteiger partial charge on any atom is -0.508 e. The van der Waals surface area contributed by atoms with Crippen LogP contribution in [0.5, 0.6) is 11.5 Å². The van der Waals surface area contributed by atoms with Gasteiger partial charge in [-0.25, -0.2) is 14.4 Å². The van der Waals surface area contributed by atoms with E-state index < -0.39 is 98.4 Å². The molecule has 438 valence electrons. The van der Waals surface area contributed by atoms with Gasteiger partial charge >= 0.3 is 35.9 Å². The summed E-state index contributed by atoms with van der Waals surface area (Å²) in [5.74, 6) is -8.62. The highest BCUT2D eigenvalue weighted by atomic mass is 16.4. The number of aryl methyl sites for hydroxylation is 2. The quantitative estimate of drug-likeness (QED) is 0.0362. The molecule has 0 aliphatic carbocycles. The van der Waals surface area contributed by atoms with Crippen LogP contribution in [0.25, 0.3) is 0 Å². The van der Waals surface area contributed by atoms with Crippen molar-refractivity contribution in [3.8, 4) is 11.5 Å². The van der Waals surface area contributed by atoms with E-state index in [1.54, 1.807) is 24.3 Å². The smallest absolute Gasteiger partial charge is 0.326 e. The molecule has 3 atom stereocenters. The van der Waals surface area contributed by atoms with Crippen LogP contribution in [0, 0.1) is 0 Å². The van der Waals surface area contributed by atoms with E-state index in [0.29, 0.717) is 60.9 Å². The fourth-order valence-electron chi connectivity index (χ4n) is 7.81. The Morgan fingerprint density at radius 3 is 1.41 bits per heavy atom. The Hall–Kier alpha value is -8.11. The summed E-state index contributed by atoms with van der Waals surface area (Å²) in [6, 6.07) is 4.30. The average molecular weight is 1120 g/mol. The van der Waals surface area contributed by atoms with Gasteiger partial charge in [0.15, 0.2) is 0 Å². The molecule has 0 radical (unpaired) electrons. The van der Waals surface area contributed by atoms with E-state index in [4.69, 9.17) is 5.11 Å². The second kappa shape index (κ2) is 36.8. The van der Waals surface area contributed by atoms with Gasteiger partial charge in [0, 0.05) is 96.1 Å².